The summed E-state index contributed by atoms with van der Waals surface area (Å²) >= 11 is 0. The van der Waals surface area contributed by atoms with Crippen molar-refractivity contribution < 1.29 is 4.74 Å². The molecule has 1 atom stereocenters. The maximum absolute atomic E-state index is 5.47. The molecule has 136 valence electrons. The first-order valence-corrected chi connectivity index (χ1v) is 8.41. The van der Waals surface area contributed by atoms with Crippen LogP contribution >= 0.6 is 0 Å². The van der Waals surface area contributed by atoms with E-state index in [1.165, 1.54) is 0 Å². The summed E-state index contributed by atoms with van der Waals surface area (Å²) in [5.74, 6) is 2.21. The SMILES string of the molecule is CNC[C@@H](C)NCc1cc(Nc2nc(C)cc(NC)n2)ccc1OC. The fraction of sp³-hybridized carbons (Fsp3) is 0.444. The summed E-state index contributed by atoms with van der Waals surface area (Å²) in [6.07, 6.45) is 0. The van der Waals surface area contributed by atoms with Gasteiger partial charge < -0.3 is 26.0 Å². The van der Waals surface area contributed by atoms with Crippen molar-refractivity contribution in [1.29, 1.82) is 0 Å². The highest BCUT2D eigenvalue weighted by atomic mass is 16.5. The molecule has 0 aliphatic carbocycles. The molecule has 0 aliphatic rings. The van der Waals surface area contributed by atoms with Gasteiger partial charge in [0, 0.05) is 49.2 Å². The molecule has 0 radical (unpaired) electrons. The van der Waals surface area contributed by atoms with Crippen LogP contribution in [0, 0.1) is 6.92 Å². The molecule has 0 spiro atoms. The fourth-order valence-electron chi connectivity index (χ4n) is 2.54. The van der Waals surface area contributed by atoms with Crippen molar-refractivity contribution in [2.24, 2.45) is 0 Å². The standard InChI is InChI=1S/C18H28N6O/c1-12-8-17(20-4)24-18(22-12)23-15-6-7-16(25-5)14(9-15)11-21-13(2)10-19-3/h6-9,13,19,21H,10-11H2,1-5H3,(H2,20,22,23,24)/t13-/m1/s1. The number of hydrogen-bond acceptors (Lipinski definition) is 7. The van der Waals surface area contributed by atoms with E-state index in [9.17, 15) is 0 Å². The van der Waals surface area contributed by atoms with Crippen molar-refractivity contribution in [3.05, 3.63) is 35.5 Å². The summed E-state index contributed by atoms with van der Waals surface area (Å²) in [5.41, 5.74) is 2.90. The average Bonchev–Trinajstić information content (AvgIpc) is 2.60. The zero-order chi connectivity index (χ0) is 18.2. The van der Waals surface area contributed by atoms with E-state index in [4.69, 9.17) is 4.74 Å². The second-order valence-electron chi connectivity index (χ2n) is 5.96. The van der Waals surface area contributed by atoms with Crippen LogP contribution in [-0.4, -0.2) is 43.8 Å². The van der Waals surface area contributed by atoms with Gasteiger partial charge in [-0.2, -0.15) is 4.98 Å². The number of nitrogens with one attached hydrogen (secondary N) is 4. The van der Waals surface area contributed by atoms with Crippen molar-refractivity contribution in [2.75, 3.05) is 38.4 Å². The molecule has 0 aliphatic heterocycles. The van der Waals surface area contributed by atoms with Crippen LogP contribution in [0.25, 0.3) is 0 Å². The first-order valence-electron chi connectivity index (χ1n) is 8.41. The van der Waals surface area contributed by atoms with Crippen LogP contribution in [0.1, 0.15) is 18.2 Å². The maximum atomic E-state index is 5.47. The third kappa shape index (κ3) is 5.58. The summed E-state index contributed by atoms with van der Waals surface area (Å²) in [4.78, 5) is 8.86. The Bertz CT molecular complexity index is 691. The Balaban J connectivity index is 2.16. The van der Waals surface area contributed by atoms with Crippen molar-refractivity contribution in [3.8, 4) is 5.75 Å². The second-order valence-corrected chi connectivity index (χ2v) is 5.96. The zero-order valence-electron chi connectivity index (χ0n) is 15.6. The van der Waals surface area contributed by atoms with Gasteiger partial charge in [0.2, 0.25) is 5.95 Å². The highest BCUT2D eigenvalue weighted by Gasteiger charge is 2.08. The summed E-state index contributed by atoms with van der Waals surface area (Å²) in [5, 5.41) is 13.0. The van der Waals surface area contributed by atoms with Crippen LogP contribution in [0.15, 0.2) is 24.3 Å². The molecule has 2 rings (SSSR count). The first-order chi connectivity index (χ1) is 12.0. The highest BCUT2D eigenvalue weighted by Crippen LogP contribution is 2.24. The third-order valence-corrected chi connectivity index (χ3v) is 3.80. The number of methoxy groups -OCH3 is 1. The van der Waals surface area contributed by atoms with Gasteiger partial charge in [-0.25, -0.2) is 4.98 Å². The number of nitrogens with zero attached hydrogens (tertiary/aromatic N) is 2. The van der Waals surface area contributed by atoms with Gasteiger partial charge in [0.1, 0.15) is 11.6 Å². The number of ether oxygens (including phenoxy) is 1. The topological polar surface area (TPSA) is 83.1 Å². The first kappa shape index (κ1) is 19.0. The molecule has 7 heteroatoms. The molecule has 4 N–H and O–H groups in total. The Kier molecular flexibility index (Phi) is 6.97. The minimum Gasteiger partial charge on any atom is -0.496 e. The minimum absolute atomic E-state index is 0.365. The molecule has 0 fully saturated rings. The van der Waals surface area contributed by atoms with Crippen LogP contribution in [0.3, 0.4) is 0 Å². The lowest BCUT2D eigenvalue weighted by Crippen LogP contribution is -2.34. The molecule has 0 saturated heterocycles. The third-order valence-electron chi connectivity index (χ3n) is 3.80. The van der Waals surface area contributed by atoms with Crippen LogP contribution in [-0.2, 0) is 6.54 Å². The molecule has 1 aromatic carbocycles. The van der Waals surface area contributed by atoms with E-state index in [0.717, 1.165) is 41.6 Å². The van der Waals surface area contributed by atoms with Gasteiger partial charge in [0.25, 0.3) is 0 Å². The molecule has 0 bridgehead atoms. The number of rotatable bonds is 9. The summed E-state index contributed by atoms with van der Waals surface area (Å²) in [6, 6.07) is 8.24. The Hall–Kier alpha value is -2.38. The minimum atomic E-state index is 0.365. The lowest BCUT2D eigenvalue weighted by molar-refractivity contribution is 0.405. The number of likely N-dealkylation sites (N-methyl/N-ethyl adjacent to an activating group) is 1. The van der Waals surface area contributed by atoms with Crippen molar-refractivity contribution in [1.82, 2.24) is 20.6 Å². The molecule has 1 heterocycles. The molecular formula is C18H28N6O. The molecular weight excluding hydrogens is 316 g/mol. The van der Waals surface area contributed by atoms with Crippen molar-refractivity contribution in [2.45, 2.75) is 26.4 Å². The lowest BCUT2D eigenvalue weighted by atomic mass is 10.1. The Morgan fingerprint density at radius 2 is 1.96 bits per heavy atom. The van der Waals surface area contributed by atoms with E-state index in [1.807, 2.05) is 39.2 Å². The molecule has 25 heavy (non-hydrogen) atoms. The quantitative estimate of drug-likeness (QED) is 0.555. The van der Waals surface area contributed by atoms with Crippen LogP contribution < -0.4 is 26.0 Å². The second kappa shape index (κ2) is 9.19. The predicted molar refractivity (Wildman–Crippen MR) is 103 cm³/mol. The largest absolute Gasteiger partial charge is 0.496 e. The van der Waals surface area contributed by atoms with Gasteiger partial charge >= 0.3 is 0 Å². The molecule has 0 saturated carbocycles. The summed E-state index contributed by atoms with van der Waals surface area (Å²) < 4.78 is 5.47. The fourth-order valence-corrected chi connectivity index (χ4v) is 2.54. The van der Waals surface area contributed by atoms with Gasteiger partial charge in [0.05, 0.1) is 7.11 Å². The number of aromatic nitrogens is 2. The van der Waals surface area contributed by atoms with E-state index >= 15 is 0 Å². The molecule has 1 aromatic heterocycles. The van der Waals surface area contributed by atoms with Crippen molar-refractivity contribution >= 4 is 17.5 Å². The van der Waals surface area contributed by atoms with E-state index in [1.54, 1.807) is 7.11 Å². The summed E-state index contributed by atoms with van der Waals surface area (Å²) in [7, 11) is 5.48. The van der Waals surface area contributed by atoms with Crippen LogP contribution in [0.2, 0.25) is 0 Å². The van der Waals surface area contributed by atoms with Gasteiger partial charge in [-0.1, -0.05) is 0 Å². The van der Waals surface area contributed by atoms with Gasteiger partial charge in [-0.3, -0.25) is 0 Å². The Labute approximate surface area is 149 Å². The predicted octanol–water partition coefficient (Wildman–Crippen LogP) is 2.28. The molecule has 2 aromatic rings. The van der Waals surface area contributed by atoms with E-state index in [-0.39, 0.29) is 0 Å². The molecule has 7 nitrogen and oxygen atoms in total. The molecule has 0 unspecified atom stereocenters. The van der Waals surface area contributed by atoms with E-state index in [2.05, 4.69) is 44.2 Å². The Morgan fingerprint density at radius 3 is 2.64 bits per heavy atom. The van der Waals surface area contributed by atoms with Crippen molar-refractivity contribution in [3.63, 3.8) is 0 Å². The number of benzene rings is 1. The zero-order valence-corrected chi connectivity index (χ0v) is 15.6. The lowest BCUT2D eigenvalue weighted by Gasteiger charge is -2.16. The summed E-state index contributed by atoms with van der Waals surface area (Å²) in [6.45, 7) is 5.72. The Morgan fingerprint density at radius 1 is 1.16 bits per heavy atom. The van der Waals surface area contributed by atoms with Crippen LogP contribution in [0.4, 0.5) is 17.5 Å². The van der Waals surface area contributed by atoms with Gasteiger partial charge in [-0.05, 0) is 39.1 Å². The van der Waals surface area contributed by atoms with E-state index in [0.29, 0.717) is 12.0 Å². The smallest absolute Gasteiger partial charge is 0.229 e. The normalized spacial score (nSPS) is 11.9. The van der Waals surface area contributed by atoms with Gasteiger partial charge in [0.15, 0.2) is 0 Å². The number of hydrogen-bond donors (Lipinski definition) is 4. The molecule has 0 amide bonds. The average molecular weight is 344 g/mol. The monoisotopic (exact) mass is 344 g/mol. The van der Waals surface area contributed by atoms with Gasteiger partial charge in [-0.15, -0.1) is 0 Å². The maximum Gasteiger partial charge on any atom is 0.229 e. The number of anilines is 3. The highest BCUT2D eigenvalue weighted by molar-refractivity contribution is 5.58. The number of aryl methyl sites for hydroxylation is 1. The van der Waals surface area contributed by atoms with Crippen LogP contribution in [0.5, 0.6) is 5.75 Å². The van der Waals surface area contributed by atoms with E-state index < -0.39 is 0 Å².